The van der Waals surface area contributed by atoms with Crippen LogP contribution in [0.3, 0.4) is 0 Å². The van der Waals surface area contributed by atoms with Crippen LogP contribution < -0.4 is 5.43 Å². The third-order valence-electron chi connectivity index (χ3n) is 3.51. The van der Waals surface area contributed by atoms with E-state index in [1.54, 1.807) is 12.4 Å². The number of nitrogens with one attached hydrogen (secondary N) is 1. The van der Waals surface area contributed by atoms with Gasteiger partial charge in [0.15, 0.2) is 0 Å². The van der Waals surface area contributed by atoms with Gasteiger partial charge in [-0.3, -0.25) is 15.4 Å². The summed E-state index contributed by atoms with van der Waals surface area (Å²) >= 11 is 0. The van der Waals surface area contributed by atoms with E-state index in [1.807, 2.05) is 60.7 Å². The molecule has 2 aromatic carbocycles. The highest BCUT2D eigenvalue weighted by molar-refractivity contribution is 5.81. The maximum absolute atomic E-state index is 4.37. The predicted octanol–water partition coefficient (Wildman–Crippen LogP) is 4.89. The van der Waals surface area contributed by atoms with E-state index in [1.165, 1.54) is 0 Å². The molecular formula is C18H13N5. The van der Waals surface area contributed by atoms with Crippen LogP contribution in [-0.2, 0) is 0 Å². The number of rotatable bonds is 3. The summed E-state index contributed by atoms with van der Waals surface area (Å²) in [5.41, 5.74) is 6.29. The van der Waals surface area contributed by atoms with Crippen molar-refractivity contribution in [1.29, 1.82) is 0 Å². The van der Waals surface area contributed by atoms with Crippen LogP contribution in [0.1, 0.15) is 0 Å². The minimum atomic E-state index is 0.699. The highest BCUT2D eigenvalue weighted by Gasteiger charge is 1.97. The summed E-state index contributed by atoms with van der Waals surface area (Å²) in [5, 5.41) is 10.3. The summed E-state index contributed by atoms with van der Waals surface area (Å²) in [6.45, 7) is 0. The third-order valence-corrected chi connectivity index (χ3v) is 3.51. The van der Waals surface area contributed by atoms with E-state index >= 15 is 0 Å². The van der Waals surface area contributed by atoms with Crippen molar-refractivity contribution in [3.8, 4) is 0 Å². The maximum Gasteiger partial charge on any atom is 0.106 e. The molecule has 110 valence electrons. The van der Waals surface area contributed by atoms with Gasteiger partial charge < -0.3 is 0 Å². The number of nitrogens with zero attached hydrogens (tertiary/aromatic N) is 4. The Morgan fingerprint density at radius 2 is 1.39 bits per heavy atom. The molecule has 0 bridgehead atoms. The first-order chi connectivity index (χ1) is 11.4. The van der Waals surface area contributed by atoms with Crippen LogP contribution in [-0.4, -0.2) is 9.97 Å². The second kappa shape index (κ2) is 5.81. The van der Waals surface area contributed by atoms with Gasteiger partial charge >= 0.3 is 0 Å². The van der Waals surface area contributed by atoms with E-state index in [4.69, 9.17) is 0 Å². The number of aromatic nitrogens is 2. The average Bonchev–Trinajstić information content (AvgIpc) is 2.61. The van der Waals surface area contributed by atoms with E-state index < -0.39 is 0 Å². The highest BCUT2D eigenvalue weighted by atomic mass is 15.4. The van der Waals surface area contributed by atoms with Gasteiger partial charge in [-0.1, -0.05) is 41.6 Å². The zero-order valence-electron chi connectivity index (χ0n) is 12.2. The van der Waals surface area contributed by atoms with Crippen molar-refractivity contribution in [1.82, 2.24) is 9.97 Å². The monoisotopic (exact) mass is 299 g/mol. The molecule has 0 atom stereocenters. The minimum Gasteiger partial charge on any atom is -0.258 e. The fraction of sp³-hybridized carbons (Fsp3) is 0. The number of para-hydroxylation sites is 2. The van der Waals surface area contributed by atoms with Crippen LogP contribution in [0.2, 0.25) is 0 Å². The standard InChI is InChI=1S/C18H13N5/c1-3-7-17-13(5-1)9-15(11-19-17)21-23-22-16-10-14-6-2-4-8-18(14)20-12-16/h1-12H,(H,21,22). The lowest BCUT2D eigenvalue weighted by Gasteiger charge is -2.01. The summed E-state index contributed by atoms with van der Waals surface area (Å²) in [4.78, 5) is 8.73. The molecule has 0 saturated carbocycles. The van der Waals surface area contributed by atoms with Gasteiger partial charge in [0.05, 0.1) is 29.1 Å². The van der Waals surface area contributed by atoms with Crippen molar-refractivity contribution in [2.75, 3.05) is 5.43 Å². The van der Waals surface area contributed by atoms with Crippen LogP contribution in [0.5, 0.6) is 0 Å². The molecule has 0 aliphatic carbocycles. The number of hydrogen-bond acceptors (Lipinski definition) is 4. The first kappa shape index (κ1) is 13.3. The Morgan fingerprint density at radius 1 is 0.739 bits per heavy atom. The summed E-state index contributed by atoms with van der Waals surface area (Å²) in [6, 6.07) is 19.8. The number of hydrogen-bond donors (Lipinski definition) is 1. The molecule has 2 aromatic heterocycles. The Balaban J connectivity index is 1.55. The lowest BCUT2D eigenvalue weighted by Crippen LogP contribution is -1.88. The van der Waals surface area contributed by atoms with Crippen LogP contribution in [0, 0.1) is 0 Å². The van der Waals surface area contributed by atoms with E-state index in [2.05, 4.69) is 25.7 Å². The normalized spacial score (nSPS) is 11.3. The Hall–Kier alpha value is -3.34. The maximum atomic E-state index is 4.37. The minimum absolute atomic E-state index is 0.699. The van der Waals surface area contributed by atoms with Crippen molar-refractivity contribution >= 4 is 33.2 Å². The lowest BCUT2D eigenvalue weighted by atomic mass is 10.2. The van der Waals surface area contributed by atoms with E-state index in [0.29, 0.717) is 5.69 Å². The molecule has 23 heavy (non-hydrogen) atoms. The summed E-state index contributed by atoms with van der Waals surface area (Å²) in [5.74, 6) is 0. The van der Waals surface area contributed by atoms with Gasteiger partial charge in [0, 0.05) is 10.8 Å². The molecule has 0 amide bonds. The van der Waals surface area contributed by atoms with Gasteiger partial charge in [0.1, 0.15) is 5.69 Å². The van der Waals surface area contributed by atoms with Crippen LogP contribution >= 0.6 is 0 Å². The van der Waals surface area contributed by atoms with E-state index in [9.17, 15) is 0 Å². The molecule has 0 aliphatic heterocycles. The van der Waals surface area contributed by atoms with Crippen LogP contribution in [0.4, 0.5) is 11.4 Å². The average molecular weight is 299 g/mol. The quantitative estimate of drug-likeness (QED) is 0.432. The second-order valence-corrected chi connectivity index (χ2v) is 5.11. The van der Waals surface area contributed by atoms with Gasteiger partial charge in [0.25, 0.3) is 0 Å². The number of pyridine rings is 2. The van der Waals surface area contributed by atoms with Crippen LogP contribution in [0.15, 0.2) is 83.4 Å². The van der Waals surface area contributed by atoms with Crippen LogP contribution in [0.25, 0.3) is 21.8 Å². The fourth-order valence-electron chi connectivity index (χ4n) is 2.39. The van der Waals surface area contributed by atoms with Gasteiger partial charge in [-0.25, -0.2) is 0 Å². The van der Waals surface area contributed by atoms with Gasteiger partial charge in [-0.15, -0.1) is 5.11 Å². The molecule has 0 unspecified atom stereocenters. The summed E-state index contributed by atoms with van der Waals surface area (Å²) in [6.07, 6.45) is 3.44. The number of anilines is 1. The molecular weight excluding hydrogens is 286 g/mol. The molecule has 0 radical (unpaired) electrons. The first-order valence-electron chi connectivity index (χ1n) is 7.25. The second-order valence-electron chi connectivity index (χ2n) is 5.11. The molecule has 0 aliphatic rings. The number of benzene rings is 2. The van der Waals surface area contributed by atoms with Crippen molar-refractivity contribution in [3.63, 3.8) is 0 Å². The summed E-state index contributed by atoms with van der Waals surface area (Å²) < 4.78 is 0. The molecule has 0 spiro atoms. The Morgan fingerprint density at radius 3 is 2.17 bits per heavy atom. The van der Waals surface area contributed by atoms with Gasteiger partial charge in [-0.2, -0.15) is 0 Å². The molecule has 1 N–H and O–H groups in total. The Kier molecular flexibility index (Phi) is 3.37. The lowest BCUT2D eigenvalue weighted by molar-refractivity contribution is 1.12. The molecule has 4 rings (SSSR count). The zero-order chi connectivity index (χ0) is 15.5. The Bertz CT molecular complexity index is 1010. The molecule has 0 fully saturated rings. The zero-order valence-corrected chi connectivity index (χ0v) is 12.2. The SMILES string of the molecule is c1ccc2ncc(N=NNc3cnc4ccccc4c3)cc2c1. The van der Waals surface area contributed by atoms with Crippen molar-refractivity contribution in [2.45, 2.75) is 0 Å². The molecule has 5 nitrogen and oxygen atoms in total. The predicted molar refractivity (Wildman–Crippen MR) is 91.6 cm³/mol. The molecule has 2 heterocycles. The van der Waals surface area contributed by atoms with Gasteiger partial charge in [0.2, 0.25) is 0 Å². The molecule has 5 heteroatoms. The van der Waals surface area contributed by atoms with E-state index in [-0.39, 0.29) is 0 Å². The van der Waals surface area contributed by atoms with Crippen molar-refractivity contribution < 1.29 is 0 Å². The first-order valence-corrected chi connectivity index (χ1v) is 7.25. The third kappa shape index (κ3) is 2.85. The number of fused-ring (bicyclic) bond motifs is 2. The topological polar surface area (TPSA) is 62.5 Å². The van der Waals surface area contributed by atoms with E-state index in [0.717, 1.165) is 27.5 Å². The van der Waals surface area contributed by atoms with Crippen molar-refractivity contribution in [2.24, 2.45) is 10.3 Å². The fourth-order valence-corrected chi connectivity index (χ4v) is 2.39. The highest BCUT2D eigenvalue weighted by Crippen LogP contribution is 2.19. The largest absolute Gasteiger partial charge is 0.258 e. The van der Waals surface area contributed by atoms with Crippen molar-refractivity contribution in [3.05, 3.63) is 73.1 Å². The smallest absolute Gasteiger partial charge is 0.106 e. The summed E-state index contributed by atoms with van der Waals surface area (Å²) in [7, 11) is 0. The Labute approximate surface area is 132 Å². The molecule has 0 saturated heterocycles. The van der Waals surface area contributed by atoms with Gasteiger partial charge in [-0.05, 0) is 24.3 Å². The molecule has 4 aromatic rings.